The van der Waals surface area contributed by atoms with Crippen molar-refractivity contribution < 1.29 is 0 Å². The van der Waals surface area contributed by atoms with Crippen molar-refractivity contribution in [1.82, 2.24) is 9.97 Å². The second-order valence-electron chi connectivity index (χ2n) is 4.20. The summed E-state index contributed by atoms with van der Waals surface area (Å²) in [6.07, 6.45) is 1.45. The minimum atomic E-state index is -0.414. The third-order valence-corrected chi connectivity index (χ3v) is 3.33. The first-order valence-electron chi connectivity index (χ1n) is 5.88. The molecule has 3 rings (SSSR count). The van der Waals surface area contributed by atoms with E-state index in [0.29, 0.717) is 16.2 Å². The van der Waals surface area contributed by atoms with Crippen LogP contribution < -0.4 is 5.43 Å². The molecule has 3 aromatic rings. The van der Waals surface area contributed by atoms with E-state index in [2.05, 4.69) is 9.97 Å². The summed E-state index contributed by atoms with van der Waals surface area (Å²) in [6.45, 7) is 0. The number of hydrogen-bond acceptors (Lipinski definition) is 3. The third-order valence-electron chi connectivity index (χ3n) is 3.02. The quantitative estimate of drug-likeness (QED) is 0.745. The van der Waals surface area contributed by atoms with Crippen molar-refractivity contribution in [3.8, 4) is 17.3 Å². The lowest BCUT2D eigenvalue weighted by Gasteiger charge is -2.07. The molecule has 5 heteroatoms. The van der Waals surface area contributed by atoms with Crippen LogP contribution in [0.2, 0.25) is 5.02 Å². The zero-order valence-electron chi connectivity index (χ0n) is 10.2. The SMILES string of the molecule is N#Cc1c(-c2ccccc2)[nH]c2c(Cl)ccnc2c1=O. The smallest absolute Gasteiger partial charge is 0.226 e. The summed E-state index contributed by atoms with van der Waals surface area (Å²) in [7, 11) is 0. The molecule has 0 amide bonds. The number of hydrogen-bond donors (Lipinski definition) is 1. The topological polar surface area (TPSA) is 69.5 Å². The second-order valence-corrected chi connectivity index (χ2v) is 4.61. The van der Waals surface area contributed by atoms with Gasteiger partial charge in [0.2, 0.25) is 5.43 Å². The molecule has 1 aromatic carbocycles. The highest BCUT2D eigenvalue weighted by Crippen LogP contribution is 2.24. The maximum Gasteiger partial charge on any atom is 0.226 e. The first-order chi connectivity index (χ1) is 9.72. The summed E-state index contributed by atoms with van der Waals surface area (Å²) in [6, 6.07) is 12.7. The molecular weight excluding hydrogens is 274 g/mol. The molecular formula is C15H8ClN3O. The second kappa shape index (κ2) is 4.80. The first kappa shape index (κ1) is 12.4. The van der Waals surface area contributed by atoms with E-state index in [-0.39, 0.29) is 11.1 Å². The van der Waals surface area contributed by atoms with Crippen molar-refractivity contribution in [2.45, 2.75) is 0 Å². The van der Waals surface area contributed by atoms with Gasteiger partial charge in [-0.05, 0) is 11.6 Å². The van der Waals surface area contributed by atoms with Gasteiger partial charge in [-0.15, -0.1) is 0 Å². The van der Waals surface area contributed by atoms with E-state index in [0.717, 1.165) is 5.56 Å². The van der Waals surface area contributed by atoms with Crippen LogP contribution in [0.4, 0.5) is 0 Å². The van der Waals surface area contributed by atoms with Gasteiger partial charge in [-0.3, -0.25) is 9.78 Å². The Morgan fingerprint density at radius 2 is 1.95 bits per heavy atom. The molecule has 1 N–H and O–H groups in total. The number of nitrogens with one attached hydrogen (secondary N) is 1. The van der Waals surface area contributed by atoms with Crippen molar-refractivity contribution in [1.29, 1.82) is 5.26 Å². The highest BCUT2D eigenvalue weighted by molar-refractivity contribution is 6.34. The molecule has 2 heterocycles. The number of benzene rings is 1. The van der Waals surface area contributed by atoms with Crippen molar-refractivity contribution in [3.63, 3.8) is 0 Å². The highest BCUT2D eigenvalue weighted by atomic mass is 35.5. The first-order valence-corrected chi connectivity index (χ1v) is 6.26. The molecule has 0 saturated carbocycles. The number of pyridine rings is 2. The van der Waals surface area contributed by atoms with Gasteiger partial charge in [-0.1, -0.05) is 41.9 Å². The zero-order chi connectivity index (χ0) is 14.1. The molecule has 0 saturated heterocycles. The third kappa shape index (κ3) is 1.85. The lowest BCUT2D eigenvalue weighted by atomic mass is 10.1. The van der Waals surface area contributed by atoms with E-state index >= 15 is 0 Å². The molecule has 20 heavy (non-hydrogen) atoms. The van der Waals surface area contributed by atoms with Gasteiger partial charge in [0.15, 0.2) is 0 Å². The van der Waals surface area contributed by atoms with Gasteiger partial charge in [0.1, 0.15) is 17.1 Å². The van der Waals surface area contributed by atoms with Crippen molar-refractivity contribution in [2.24, 2.45) is 0 Å². The Balaban J connectivity index is 2.47. The van der Waals surface area contributed by atoms with Gasteiger partial charge in [0, 0.05) is 6.20 Å². The Morgan fingerprint density at radius 1 is 1.20 bits per heavy atom. The van der Waals surface area contributed by atoms with Gasteiger partial charge in [0.25, 0.3) is 0 Å². The minimum absolute atomic E-state index is 0.0402. The molecule has 0 spiro atoms. The molecule has 0 aliphatic rings. The van der Waals surface area contributed by atoms with Crippen LogP contribution in [-0.2, 0) is 0 Å². The fourth-order valence-electron chi connectivity index (χ4n) is 2.08. The standard InChI is InChI=1S/C15H8ClN3O/c16-11-6-7-18-14-13(11)19-12(10(8-17)15(14)20)9-4-2-1-3-5-9/h1-7H,(H,19,20). The number of H-pyrrole nitrogens is 1. The molecule has 96 valence electrons. The van der Waals surface area contributed by atoms with Gasteiger partial charge in [-0.25, -0.2) is 0 Å². The molecule has 0 unspecified atom stereocenters. The number of rotatable bonds is 1. The van der Waals surface area contributed by atoms with E-state index in [1.807, 2.05) is 36.4 Å². The van der Waals surface area contributed by atoms with Crippen LogP contribution in [0.15, 0.2) is 47.4 Å². The Morgan fingerprint density at radius 3 is 2.65 bits per heavy atom. The molecule has 0 bridgehead atoms. The summed E-state index contributed by atoms with van der Waals surface area (Å²) < 4.78 is 0. The summed E-state index contributed by atoms with van der Waals surface area (Å²) in [5, 5.41) is 9.66. The van der Waals surface area contributed by atoms with E-state index in [4.69, 9.17) is 11.6 Å². The molecule has 0 fully saturated rings. The normalized spacial score (nSPS) is 10.4. The number of halogens is 1. The number of aromatic nitrogens is 2. The largest absolute Gasteiger partial charge is 0.351 e. The number of fused-ring (bicyclic) bond motifs is 1. The van der Waals surface area contributed by atoms with Crippen molar-refractivity contribution in [3.05, 3.63) is 63.4 Å². The van der Waals surface area contributed by atoms with Crippen LogP contribution in [0.25, 0.3) is 22.3 Å². The Kier molecular flexibility index (Phi) is 2.97. The average Bonchev–Trinajstić information content (AvgIpc) is 2.49. The van der Waals surface area contributed by atoms with Crippen molar-refractivity contribution in [2.75, 3.05) is 0 Å². The maximum atomic E-state index is 12.3. The fraction of sp³-hybridized carbons (Fsp3) is 0. The van der Waals surface area contributed by atoms with Gasteiger partial charge >= 0.3 is 0 Å². The molecule has 0 radical (unpaired) electrons. The van der Waals surface area contributed by atoms with Crippen LogP contribution in [0.1, 0.15) is 5.56 Å². The van der Waals surface area contributed by atoms with Crippen molar-refractivity contribution >= 4 is 22.6 Å². The van der Waals surface area contributed by atoms with Gasteiger partial charge in [-0.2, -0.15) is 5.26 Å². The minimum Gasteiger partial charge on any atom is -0.351 e. The lowest BCUT2D eigenvalue weighted by Crippen LogP contribution is -2.11. The van der Waals surface area contributed by atoms with Crippen LogP contribution in [0, 0.1) is 11.3 Å². The van der Waals surface area contributed by atoms with Crippen LogP contribution in [-0.4, -0.2) is 9.97 Å². The Hall–Kier alpha value is -2.64. The van der Waals surface area contributed by atoms with E-state index in [1.165, 1.54) is 6.20 Å². The van der Waals surface area contributed by atoms with Crippen LogP contribution in [0.3, 0.4) is 0 Å². The van der Waals surface area contributed by atoms with E-state index in [1.54, 1.807) is 6.07 Å². The number of aromatic amines is 1. The molecule has 0 aliphatic carbocycles. The number of nitrogens with zero attached hydrogens (tertiary/aromatic N) is 2. The lowest BCUT2D eigenvalue weighted by molar-refractivity contribution is 1.29. The maximum absolute atomic E-state index is 12.3. The fourth-order valence-corrected chi connectivity index (χ4v) is 2.27. The van der Waals surface area contributed by atoms with E-state index < -0.39 is 5.43 Å². The number of nitriles is 1. The van der Waals surface area contributed by atoms with Crippen LogP contribution in [0.5, 0.6) is 0 Å². The monoisotopic (exact) mass is 281 g/mol. The molecule has 2 aromatic heterocycles. The zero-order valence-corrected chi connectivity index (χ0v) is 11.0. The molecule has 0 aliphatic heterocycles. The van der Waals surface area contributed by atoms with Gasteiger partial charge < -0.3 is 4.98 Å². The summed E-state index contributed by atoms with van der Waals surface area (Å²) >= 11 is 6.09. The summed E-state index contributed by atoms with van der Waals surface area (Å²) in [5.74, 6) is 0. The highest BCUT2D eigenvalue weighted by Gasteiger charge is 2.15. The summed E-state index contributed by atoms with van der Waals surface area (Å²) in [5.41, 5.74) is 1.45. The van der Waals surface area contributed by atoms with Gasteiger partial charge in [0.05, 0.1) is 16.2 Å². The average molecular weight is 282 g/mol. The molecule has 4 nitrogen and oxygen atoms in total. The molecule has 0 atom stereocenters. The summed E-state index contributed by atoms with van der Waals surface area (Å²) in [4.78, 5) is 19.4. The Bertz CT molecular complexity index is 895. The predicted octanol–water partition coefficient (Wildman–Crippen LogP) is 3.12. The van der Waals surface area contributed by atoms with E-state index in [9.17, 15) is 10.1 Å². The van der Waals surface area contributed by atoms with Crippen LogP contribution >= 0.6 is 11.6 Å². The Labute approximate surface area is 119 Å². The predicted molar refractivity (Wildman–Crippen MR) is 77.5 cm³/mol.